The molecule has 1 aliphatic rings. The molecule has 1 heterocycles. The normalized spacial score (nSPS) is 21.1. The van der Waals surface area contributed by atoms with Crippen molar-refractivity contribution in [3.05, 3.63) is 34.1 Å². The van der Waals surface area contributed by atoms with Crippen LogP contribution < -0.4 is 5.32 Å². The first-order chi connectivity index (χ1) is 7.61. The van der Waals surface area contributed by atoms with Gasteiger partial charge in [-0.3, -0.25) is 0 Å². The highest BCUT2D eigenvalue weighted by atomic mass is 35.5. The SMILES string of the molecule is Fc1cc(C2CNCCO2)c(F)c(F)c1Cl. The van der Waals surface area contributed by atoms with E-state index in [9.17, 15) is 13.2 Å². The van der Waals surface area contributed by atoms with Gasteiger partial charge < -0.3 is 10.1 Å². The summed E-state index contributed by atoms with van der Waals surface area (Å²) in [4.78, 5) is 0. The van der Waals surface area contributed by atoms with Gasteiger partial charge in [0.05, 0.1) is 12.7 Å². The second-order valence-electron chi connectivity index (χ2n) is 3.45. The molecule has 1 unspecified atom stereocenters. The van der Waals surface area contributed by atoms with Crippen molar-refractivity contribution < 1.29 is 17.9 Å². The van der Waals surface area contributed by atoms with E-state index in [2.05, 4.69) is 5.32 Å². The summed E-state index contributed by atoms with van der Waals surface area (Å²) in [6, 6.07) is 0.873. The van der Waals surface area contributed by atoms with Crippen LogP contribution in [0, 0.1) is 17.5 Å². The topological polar surface area (TPSA) is 21.3 Å². The van der Waals surface area contributed by atoms with Crippen LogP contribution in [-0.4, -0.2) is 19.7 Å². The Morgan fingerprint density at radius 2 is 2.06 bits per heavy atom. The van der Waals surface area contributed by atoms with Crippen LogP contribution in [0.15, 0.2) is 6.07 Å². The summed E-state index contributed by atoms with van der Waals surface area (Å²) in [6.07, 6.45) is -0.685. The number of nitrogens with one attached hydrogen (secondary N) is 1. The van der Waals surface area contributed by atoms with Crippen molar-refractivity contribution in [2.75, 3.05) is 19.7 Å². The third-order valence-electron chi connectivity index (χ3n) is 2.41. The molecule has 88 valence electrons. The standard InChI is InChI=1S/C10H9ClF3NO/c11-8-6(12)3-5(9(13)10(8)14)7-4-15-1-2-16-7/h3,7,15H,1-2,4H2. The third-order valence-corrected chi connectivity index (χ3v) is 2.75. The van der Waals surface area contributed by atoms with Crippen molar-refractivity contribution in [3.8, 4) is 0 Å². The Kier molecular flexibility index (Phi) is 3.37. The molecule has 1 N–H and O–H groups in total. The van der Waals surface area contributed by atoms with Crippen LogP contribution in [0.2, 0.25) is 5.02 Å². The van der Waals surface area contributed by atoms with Crippen LogP contribution in [0.3, 0.4) is 0 Å². The minimum absolute atomic E-state index is 0.147. The van der Waals surface area contributed by atoms with Gasteiger partial charge in [0.2, 0.25) is 0 Å². The number of hydrogen-bond donors (Lipinski definition) is 1. The van der Waals surface area contributed by atoms with E-state index < -0.39 is 28.6 Å². The molecule has 16 heavy (non-hydrogen) atoms. The van der Waals surface area contributed by atoms with Crippen molar-refractivity contribution in [1.82, 2.24) is 5.32 Å². The molecular formula is C10H9ClF3NO. The molecular weight excluding hydrogens is 243 g/mol. The van der Waals surface area contributed by atoms with Gasteiger partial charge in [-0.2, -0.15) is 0 Å². The molecule has 1 aliphatic heterocycles. The molecule has 1 aromatic rings. The van der Waals surface area contributed by atoms with E-state index in [-0.39, 0.29) is 5.56 Å². The minimum atomic E-state index is -1.37. The predicted octanol–water partition coefficient (Wildman–Crippen LogP) is 2.42. The Morgan fingerprint density at radius 1 is 1.31 bits per heavy atom. The largest absolute Gasteiger partial charge is 0.371 e. The fraction of sp³-hybridized carbons (Fsp3) is 0.400. The lowest BCUT2D eigenvalue weighted by atomic mass is 10.1. The molecule has 0 aromatic heterocycles. The smallest absolute Gasteiger partial charge is 0.180 e. The zero-order valence-corrected chi connectivity index (χ0v) is 8.95. The molecule has 6 heteroatoms. The molecule has 0 spiro atoms. The summed E-state index contributed by atoms with van der Waals surface area (Å²) < 4.78 is 45.1. The van der Waals surface area contributed by atoms with Crippen LogP contribution in [0.5, 0.6) is 0 Å². The van der Waals surface area contributed by atoms with Gasteiger partial charge in [0.15, 0.2) is 11.6 Å². The van der Waals surface area contributed by atoms with E-state index in [0.717, 1.165) is 6.07 Å². The Balaban J connectivity index is 2.40. The van der Waals surface area contributed by atoms with Crippen molar-refractivity contribution in [3.63, 3.8) is 0 Å². The van der Waals surface area contributed by atoms with Crippen LogP contribution in [0.4, 0.5) is 13.2 Å². The number of ether oxygens (including phenoxy) is 1. The maximum absolute atomic E-state index is 13.5. The lowest BCUT2D eigenvalue weighted by molar-refractivity contribution is 0.0249. The molecule has 1 atom stereocenters. The van der Waals surface area contributed by atoms with Gasteiger partial charge in [0.25, 0.3) is 0 Å². The van der Waals surface area contributed by atoms with Crippen molar-refractivity contribution in [2.45, 2.75) is 6.10 Å². The second kappa shape index (κ2) is 4.61. The molecule has 2 nitrogen and oxygen atoms in total. The first kappa shape index (κ1) is 11.7. The fourth-order valence-corrected chi connectivity index (χ4v) is 1.73. The molecule has 2 rings (SSSR count). The summed E-state index contributed by atoms with van der Waals surface area (Å²) in [5, 5.41) is 2.12. The van der Waals surface area contributed by atoms with Gasteiger partial charge in [0.1, 0.15) is 10.8 Å². The Labute approximate surface area is 95.3 Å². The molecule has 1 fully saturated rings. The Morgan fingerprint density at radius 3 is 2.69 bits per heavy atom. The summed E-state index contributed by atoms with van der Waals surface area (Å²) in [7, 11) is 0. The summed E-state index contributed by atoms with van der Waals surface area (Å²) >= 11 is 5.25. The summed E-state index contributed by atoms with van der Waals surface area (Å²) in [5.41, 5.74) is -0.147. The summed E-state index contributed by atoms with van der Waals surface area (Å²) in [5.74, 6) is -3.50. The maximum Gasteiger partial charge on any atom is 0.180 e. The van der Waals surface area contributed by atoms with E-state index in [1.54, 1.807) is 0 Å². The fourth-order valence-electron chi connectivity index (χ4n) is 1.59. The third kappa shape index (κ3) is 2.03. The lowest BCUT2D eigenvalue weighted by Crippen LogP contribution is -2.34. The molecule has 0 aliphatic carbocycles. The van der Waals surface area contributed by atoms with E-state index in [4.69, 9.17) is 16.3 Å². The van der Waals surface area contributed by atoms with Gasteiger partial charge in [-0.1, -0.05) is 11.6 Å². The van der Waals surface area contributed by atoms with Crippen LogP contribution in [-0.2, 0) is 4.74 Å². The van der Waals surface area contributed by atoms with Crippen molar-refractivity contribution in [2.24, 2.45) is 0 Å². The lowest BCUT2D eigenvalue weighted by Gasteiger charge is -2.24. The van der Waals surface area contributed by atoms with Gasteiger partial charge in [0, 0.05) is 18.7 Å². The number of benzene rings is 1. The number of morpholine rings is 1. The van der Waals surface area contributed by atoms with Crippen LogP contribution in [0.1, 0.15) is 11.7 Å². The van der Waals surface area contributed by atoms with Crippen molar-refractivity contribution >= 4 is 11.6 Å². The number of hydrogen-bond acceptors (Lipinski definition) is 2. The molecule has 1 saturated heterocycles. The zero-order valence-electron chi connectivity index (χ0n) is 8.20. The second-order valence-corrected chi connectivity index (χ2v) is 3.83. The number of rotatable bonds is 1. The number of halogens is 4. The Bertz CT molecular complexity index is 408. The first-order valence-electron chi connectivity index (χ1n) is 4.76. The summed E-state index contributed by atoms with van der Waals surface area (Å²) in [6.45, 7) is 1.32. The average molecular weight is 252 g/mol. The van der Waals surface area contributed by atoms with E-state index in [1.165, 1.54) is 0 Å². The van der Waals surface area contributed by atoms with Crippen LogP contribution >= 0.6 is 11.6 Å². The minimum Gasteiger partial charge on any atom is -0.371 e. The van der Waals surface area contributed by atoms with E-state index in [0.29, 0.717) is 19.7 Å². The molecule has 1 aromatic carbocycles. The maximum atomic E-state index is 13.5. The Hall–Kier alpha value is -0.780. The van der Waals surface area contributed by atoms with Gasteiger partial charge in [-0.15, -0.1) is 0 Å². The highest BCUT2D eigenvalue weighted by molar-refractivity contribution is 6.30. The van der Waals surface area contributed by atoms with Crippen molar-refractivity contribution in [1.29, 1.82) is 0 Å². The zero-order chi connectivity index (χ0) is 11.7. The monoisotopic (exact) mass is 251 g/mol. The highest BCUT2D eigenvalue weighted by Gasteiger charge is 2.25. The van der Waals surface area contributed by atoms with Gasteiger partial charge in [-0.25, -0.2) is 13.2 Å². The van der Waals surface area contributed by atoms with E-state index >= 15 is 0 Å². The predicted molar refractivity (Wildman–Crippen MR) is 52.9 cm³/mol. The highest BCUT2D eigenvalue weighted by Crippen LogP contribution is 2.29. The van der Waals surface area contributed by atoms with Gasteiger partial charge in [-0.05, 0) is 6.07 Å². The van der Waals surface area contributed by atoms with Crippen LogP contribution in [0.25, 0.3) is 0 Å². The quantitative estimate of drug-likeness (QED) is 0.611. The molecule has 0 radical (unpaired) electrons. The molecule has 0 amide bonds. The van der Waals surface area contributed by atoms with E-state index in [1.807, 2.05) is 0 Å². The molecule has 0 bridgehead atoms. The molecule has 0 saturated carbocycles. The van der Waals surface area contributed by atoms with Gasteiger partial charge >= 0.3 is 0 Å². The average Bonchev–Trinajstić information content (AvgIpc) is 2.32. The first-order valence-corrected chi connectivity index (χ1v) is 5.14.